The van der Waals surface area contributed by atoms with Crippen LogP contribution in [0.2, 0.25) is 0 Å². The van der Waals surface area contributed by atoms with Crippen molar-refractivity contribution >= 4 is 0 Å². The third-order valence-electron chi connectivity index (χ3n) is 0.677. The Labute approximate surface area is 43.9 Å². The number of nitrogens with zero attached hydrogens (tertiary/aromatic N) is 1. The fraction of sp³-hybridized carbons (Fsp3) is 1.00. The number of likely N-dealkylation sites (N-methyl/N-ethyl adjacent to an activating group) is 2. The van der Waals surface area contributed by atoms with Gasteiger partial charge in [-0.25, -0.2) is 0 Å². The first-order chi connectivity index (χ1) is 3.27. The molecule has 44 valence electrons. The van der Waals surface area contributed by atoms with Gasteiger partial charge in [0.1, 0.15) is 0 Å². The van der Waals surface area contributed by atoms with Crippen molar-refractivity contribution in [3.05, 3.63) is 5.21 Å². The lowest BCUT2D eigenvalue weighted by molar-refractivity contribution is 0.454. The topological polar surface area (TPSA) is 38.3 Å². The van der Waals surface area contributed by atoms with Gasteiger partial charge in [0.25, 0.3) is 0 Å². The second-order valence-electron chi connectivity index (χ2n) is 1.46. The van der Waals surface area contributed by atoms with Crippen LogP contribution in [0.4, 0.5) is 0 Å². The fourth-order valence-electron chi connectivity index (χ4n) is 0.269. The Kier molecular flexibility index (Phi) is 3.98. The van der Waals surface area contributed by atoms with Crippen molar-refractivity contribution in [2.75, 3.05) is 27.2 Å². The molecule has 0 saturated heterocycles. The molecule has 0 aliphatic rings. The smallest absolute Gasteiger partial charge is 0.00668 e. The van der Waals surface area contributed by atoms with Crippen LogP contribution >= 0.6 is 0 Å². The fourth-order valence-corrected chi connectivity index (χ4v) is 0.269. The molecular weight excluding hydrogens is 92.1 g/mol. The Bertz CT molecular complexity index is 38.7. The predicted molar refractivity (Wildman–Crippen MR) is 29.9 cm³/mol. The molecule has 0 atom stereocenters. The second-order valence-corrected chi connectivity index (χ2v) is 1.46. The summed E-state index contributed by atoms with van der Waals surface area (Å²) in [5, 5.41) is 13.8. The monoisotopic (exact) mass is 103 g/mol. The highest BCUT2D eigenvalue weighted by molar-refractivity contribution is 4.48. The molecule has 0 aromatic rings. The van der Waals surface area contributed by atoms with E-state index in [-0.39, 0.29) is 0 Å². The number of rotatable bonds is 3. The molecular formula is C4H11N2O-. The largest absolute Gasteiger partial charge is 0.785 e. The molecule has 0 aromatic carbocycles. The molecule has 0 heterocycles. The van der Waals surface area contributed by atoms with E-state index < -0.39 is 0 Å². The van der Waals surface area contributed by atoms with Gasteiger partial charge >= 0.3 is 0 Å². The van der Waals surface area contributed by atoms with Crippen LogP contribution in [0.15, 0.2) is 0 Å². The summed E-state index contributed by atoms with van der Waals surface area (Å²) < 4.78 is 0. The summed E-state index contributed by atoms with van der Waals surface area (Å²) in [5.74, 6) is 0. The van der Waals surface area contributed by atoms with Crippen LogP contribution < -0.4 is 5.32 Å². The summed E-state index contributed by atoms with van der Waals surface area (Å²) in [5.41, 5.74) is 0. The lowest BCUT2D eigenvalue weighted by Gasteiger charge is -2.20. The van der Waals surface area contributed by atoms with Crippen molar-refractivity contribution in [3.63, 3.8) is 0 Å². The van der Waals surface area contributed by atoms with Crippen molar-refractivity contribution < 1.29 is 0 Å². The molecule has 7 heavy (non-hydrogen) atoms. The lowest BCUT2D eigenvalue weighted by atomic mass is 10.6. The normalized spacial score (nSPS) is 10.3. The van der Waals surface area contributed by atoms with E-state index in [1.54, 1.807) is 0 Å². The summed E-state index contributed by atoms with van der Waals surface area (Å²) in [6.45, 7) is 1.33. The number of hydrogen-bond donors (Lipinski definition) is 1. The van der Waals surface area contributed by atoms with Crippen molar-refractivity contribution in [2.24, 2.45) is 0 Å². The number of nitrogens with one attached hydrogen (secondary N) is 1. The highest BCUT2D eigenvalue weighted by Crippen LogP contribution is 1.69. The molecule has 0 spiro atoms. The molecule has 0 aliphatic carbocycles. The molecule has 0 unspecified atom stereocenters. The molecule has 0 aromatic heterocycles. The van der Waals surface area contributed by atoms with E-state index in [1.807, 2.05) is 7.05 Å². The third kappa shape index (κ3) is 5.88. The third-order valence-corrected chi connectivity index (χ3v) is 0.677. The van der Waals surface area contributed by atoms with E-state index in [2.05, 4.69) is 5.32 Å². The van der Waals surface area contributed by atoms with Gasteiger partial charge in [-0.1, -0.05) is 0 Å². The first-order valence-electron chi connectivity index (χ1n) is 2.30. The number of hydroxylamine groups is 2. The maximum Gasteiger partial charge on any atom is 0.00668 e. The number of hydrogen-bond acceptors (Lipinski definition) is 3. The van der Waals surface area contributed by atoms with Crippen molar-refractivity contribution in [2.45, 2.75) is 0 Å². The molecule has 0 saturated carbocycles. The zero-order chi connectivity index (χ0) is 5.70. The Morgan fingerprint density at radius 1 is 1.71 bits per heavy atom. The summed E-state index contributed by atoms with van der Waals surface area (Å²) >= 11 is 0. The minimum atomic E-state index is 0.566. The average Bonchev–Trinajstić information content (AvgIpc) is 1.61. The van der Waals surface area contributed by atoms with E-state index >= 15 is 0 Å². The van der Waals surface area contributed by atoms with Crippen molar-refractivity contribution in [3.8, 4) is 0 Å². The van der Waals surface area contributed by atoms with Gasteiger partial charge in [0, 0.05) is 6.54 Å². The summed E-state index contributed by atoms with van der Waals surface area (Å²) in [6, 6.07) is 0. The Balaban J connectivity index is 2.68. The zero-order valence-electron chi connectivity index (χ0n) is 4.77. The standard InChI is InChI=1S/C4H11N2O/c1-5-3-4-6(2)7/h5H,3-4H2,1-2H3/q-1. The van der Waals surface area contributed by atoms with E-state index in [4.69, 9.17) is 0 Å². The molecule has 0 fully saturated rings. The predicted octanol–water partition coefficient (Wildman–Crippen LogP) is -0.365. The Morgan fingerprint density at radius 3 is 2.43 bits per heavy atom. The van der Waals surface area contributed by atoms with Crippen LogP contribution in [-0.4, -0.2) is 32.2 Å². The first kappa shape index (κ1) is 6.88. The van der Waals surface area contributed by atoms with Crippen LogP contribution in [0.5, 0.6) is 0 Å². The maximum absolute atomic E-state index is 10.1. The summed E-state index contributed by atoms with van der Waals surface area (Å²) in [4.78, 5) is 0. The SMILES string of the molecule is CNCCN(C)[O-]. The molecule has 3 nitrogen and oxygen atoms in total. The molecule has 0 bridgehead atoms. The molecule has 0 radical (unpaired) electrons. The molecule has 0 rings (SSSR count). The average molecular weight is 103 g/mol. The van der Waals surface area contributed by atoms with E-state index in [9.17, 15) is 5.21 Å². The summed E-state index contributed by atoms with van der Waals surface area (Å²) in [7, 11) is 3.33. The van der Waals surface area contributed by atoms with Crippen molar-refractivity contribution in [1.29, 1.82) is 0 Å². The van der Waals surface area contributed by atoms with Crippen LogP contribution in [0.25, 0.3) is 0 Å². The van der Waals surface area contributed by atoms with Crippen LogP contribution in [-0.2, 0) is 0 Å². The highest BCUT2D eigenvalue weighted by atomic mass is 16.5. The van der Waals surface area contributed by atoms with Gasteiger partial charge in [-0.15, -0.1) is 0 Å². The molecule has 1 N–H and O–H groups in total. The van der Waals surface area contributed by atoms with Gasteiger partial charge in [-0.3, -0.25) is 0 Å². The van der Waals surface area contributed by atoms with Crippen molar-refractivity contribution in [1.82, 2.24) is 10.4 Å². The second kappa shape index (κ2) is 4.05. The lowest BCUT2D eigenvalue weighted by Crippen LogP contribution is -2.22. The molecule has 0 aliphatic heterocycles. The van der Waals surface area contributed by atoms with E-state index in [0.717, 1.165) is 11.6 Å². The zero-order valence-corrected chi connectivity index (χ0v) is 4.77. The van der Waals surface area contributed by atoms with E-state index in [0.29, 0.717) is 6.54 Å². The van der Waals surface area contributed by atoms with Gasteiger partial charge in [0.15, 0.2) is 0 Å². The van der Waals surface area contributed by atoms with Crippen LogP contribution in [0.1, 0.15) is 0 Å². The van der Waals surface area contributed by atoms with Gasteiger partial charge < -0.3 is 15.6 Å². The van der Waals surface area contributed by atoms with Gasteiger partial charge in [0.05, 0.1) is 0 Å². The summed E-state index contributed by atoms with van der Waals surface area (Å²) in [6.07, 6.45) is 0. The first-order valence-corrected chi connectivity index (χ1v) is 2.30. The minimum Gasteiger partial charge on any atom is -0.785 e. The van der Waals surface area contributed by atoms with Crippen LogP contribution in [0, 0.1) is 5.21 Å². The molecule has 3 heteroatoms. The van der Waals surface area contributed by atoms with Crippen LogP contribution in [0.3, 0.4) is 0 Å². The maximum atomic E-state index is 10.1. The van der Waals surface area contributed by atoms with E-state index in [1.165, 1.54) is 7.05 Å². The quantitative estimate of drug-likeness (QED) is 0.495. The Morgan fingerprint density at radius 2 is 2.29 bits per heavy atom. The highest BCUT2D eigenvalue weighted by Gasteiger charge is 1.76. The van der Waals surface area contributed by atoms with Gasteiger partial charge in [0.2, 0.25) is 0 Å². The molecule has 0 amide bonds. The van der Waals surface area contributed by atoms with Gasteiger partial charge in [-0.05, 0) is 20.6 Å². The minimum absolute atomic E-state index is 0.566. The Hall–Kier alpha value is -0.120. The van der Waals surface area contributed by atoms with Gasteiger partial charge in [-0.2, -0.15) is 0 Å².